The Hall–Kier alpha value is -2.47. The molecule has 0 fully saturated rings. The minimum atomic E-state index is -1.09. The predicted molar refractivity (Wildman–Crippen MR) is 75.3 cm³/mol. The zero-order valence-corrected chi connectivity index (χ0v) is 11.0. The van der Waals surface area contributed by atoms with Crippen molar-refractivity contribution in [1.29, 1.82) is 0 Å². The van der Waals surface area contributed by atoms with Crippen LogP contribution in [0.25, 0.3) is 6.08 Å². The normalized spacial score (nSPS) is 10.7. The molecule has 0 aliphatic rings. The fraction of sp³-hybridized carbons (Fsp3) is 0. The van der Waals surface area contributed by atoms with E-state index < -0.39 is 17.7 Å². The molecule has 20 heavy (non-hydrogen) atoms. The first kappa shape index (κ1) is 14.0. The molecule has 0 saturated carbocycles. The monoisotopic (exact) mass is 291 g/mol. The molecule has 0 saturated heterocycles. The molecule has 2 N–H and O–H groups in total. The maximum Gasteiger partial charge on any atom is 0.348 e. The smallest absolute Gasteiger partial charge is 0.348 e. The third-order valence-electron chi connectivity index (χ3n) is 2.39. The topological polar surface area (TPSA) is 66.4 Å². The van der Waals surface area contributed by atoms with E-state index in [0.29, 0.717) is 5.56 Å². The van der Waals surface area contributed by atoms with Crippen molar-refractivity contribution in [3.63, 3.8) is 0 Å². The summed E-state index contributed by atoms with van der Waals surface area (Å²) >= 11 is 1.03. The van der Waals surface area contributed by atoms with Crippen molar-refractivity contribution in [2.75, 3.05) is 5.32 Å². The van der Waals surface area contributed by atoms with Gasteiger partial charge in [0.15, 0.2) is 0 Å². The minimum Gasteiger partial charge on any atom is -0.477 e. The highest BCUT2D eigenvalue weighted by Crippen LogP contribution is 2.22. The highest BCUT2D eigenvalue weighted by molar-refractivity contribution is 7.12. The van der Waals surface area contributed by atoms with Crippen molar-refractivity contribution < 1.29 is 19.1 Å². The number of hydrogen-bond donors (Lipinski definition) is 2. The van der Waals surface area contributed by atoms with Gasteiger partial charge in [-0.15, -0.1) is 11.3 Å². The maximum atomic E-state index is 12.9. The van der Waals surface area contributed by atoms with Crippen molar-refractivity contribution in [2.24, 2.45) is 0 Å². The first-order chi connectivity index (χ1) is 9.56. The molecule has 4 nitrogen and oxygen atoms in total. The Balaban J connectivity index is 2.06. The summed E-state index contributed by atoms with van der Waals surface area (Å²) in [6.07, 6.45) is 2.67. The second kappa shape index (κ2) is 6.12. The van der Waals surface area contributed by atoms with Crippen LogP contribution < -0.4 is 5.32 Å². The Morgan fingerprint density at radius 2 is 2.10 bits per heavy atom. The molecule has 2 rings (SSSR count). The van der Waals surface area contributed by atoms with Gasteiger partial charge in [-0.3, -0.25) is 4.79 Å². The van der Waals surface area contributed by atoms with Crippen LogP contribution >= 0.6 is 11.3 Å². The lowest BCUT2D eigenvalue weighted by molar-refractivity contribution is -0.111. The molecule has 0 spiro atoms. The molecule has 0 aliphatic carbocycles. The van der Waals surface area contributed by atoms with Crippen molar-refractivity contribution in [2.45, 2.75) is 0 Å². The van der Waals surface area contributed by atoms with Gasteiger partial charge >= 0.3 is 5.97 Å². The number of aromatic carboxylic acids is 1. The standard InChI is InChI=1S/C14H10FNO3S/c15-10-3-1-2-9(8-10)4-5-12(17)16-11-6-7-20-13(11)14(18)19/h1-8H,(H,16,17)(H,18,19)/b5-4+. The average Bonchev–Trinajstić information content (AvgIpc) is 2.85. The molecular formula is C14H10FNO3S. The zero-order valence-electron chi connectivity index (χ0n) is 10.2. The van der Waals surface area contributed by atoms with Crippen LogP contribution in [-0.4, -0.2) is 17.0 Å². The predicted octanol–water partition coefficient (Wildman–Crippen LogP) is 3.24. The molecule has 0 bridgehead atoms. The van der Waals surface area contributed by atoms with Crippen molar-refractivity contribution >= 4 is 35.0 Å². The molecule has 1 amide bonds. The van der Waals surface area contributed by atoms with Gasteiger partial charge in [-0.05, 0) is 35.2 Å². The molecule has 0 atom stereocenters. The van der Waals surface area contributed by atoms with Gasteiger partial charge in [0.25, 0.3) is 0 Å². The van der Waals surface area contributed by atoms with Crippen LogP contribution in [0.5, 0.6) is 0 Å². The first-order valence-electron chi connectivity index (χ1n) is 5.61. The van der Waals surface area contributed by atoms with Crippen LogP contribution in [0.15, 0.2) is 41.8 Å². The lowest BCUT2D eigenvalue weighted by Gasteiger charge is -2.00. The van der Waals surface area contributed by atoms with E-state index in [1.165, 1.54) is 36.4 Å². The number of anilines is 1. The Labute approximate surface area is 118 Å². The van der Waals surface area contributed by atoms with Gasteiger partial charge in [-0.25, -0.2) is 9.18 Å². The van der Waals surface area contributed by atoms with Gasteiger partial charge in [0.05, 0.1) is 5.69 Å². The number of thiophene rings is 1. The molecule has 0 unspecified atom stereocenters. The van der Waals surface area contributed by atoms with Gasteiger partial charge in [0.1, 0.15) is 10.7 Å². The van der Waals surface area contributed by atoms with Crippen molar-refractivity contribution in [3.8, 4) is 0 Å². The molecule has 2 aromatic rings. The van der Waals surface area contributed by atoms with Crippen LogP contribution in [0, 0.1) is 5.82 Å². The Morgan fingerprint density at radius 3 is 2.80 bits per heavy atom. The van der Waals surface area contributed by atoms with Gasteiger partial charge in [0.2, 0.25) is 5.91 Å². The van der Waals surface area contributed by atoms with E-state index in [-0.39, 0.29) is 10.6 Å². The molecule has 1 aromatic carbocycles. The summed E-state index contributed by atoms with van der Waals surface area (Å²) in [5, 5.41) is 13.0. The largest absolute Gasteiger partial charge is 0.477 e. The van der Waals surface area contributed by atoms with E-state index in [0.717, 1.165) is 11.3 Å². The molecule has 102 valence electrons. The fourth-order valence-corrected chi connectivity index (χ4v) is 2.22. The third-order valence-corrected chi connectivity index (χ3v) is 3.30. The maximum absolute atomic E-state index is 12.9. The summed E-state index contributed by atoms with van der Waals surface area (Å²) in [5.74, 6) is -1.96. The molecular weight excluding hydrogens is 281 g/mol. The molecule has 6 heteroatoms. The van der Waals surface area contributed by atoms with Gasteiger partial charge in [0, 0.05) is 6.08 Å². The van der Waals surface area contributed by atoms with E-state index in [9.17, 15) is 14.0 Å². The summed E-state index contributed by atoms with van der Waals surface area (Å²) in [6, 6.07) is 7.30. The first-order valence-corrected chi connectivity index (χ1v) is 6.49. The average molecular weight is 291 g/mol. The minimum absolute atomic E-state index is 0.0671. The summed E-state index contributed by atoms with van der Waals surface area (Å²) in [7, 11) is 0. The molecule has 1 aromatic heterocycles. The number of hydrogen-bond acceptors (Lipinski definition) is 3. The van der Waals surface area contributed by atoms with Crippen LogP contribution in [0.2, 0.25) is 0 Å². The van der Waals surface area contributed by atoms with Gasteiger partial charge in [-0.2, -0.15) is 0 Å². The van der Waals surface area contributed by atoms with Crippen molar-refractivity contribution in [1.82, 2.24) is 0 Å². The summed E-state index contributed by atoms with van der Waals surface area (Å²) < 4.78 is 12.9. The number of carboxylic acid groups (broad SMARTS) is 1. The SMILES string of the molecule is O=C(/C=C/c1cccc(F)c1)Nc1ccsc1C(=O)O. The highest BCUT2D eigenvalue weighted by Gasteiger charge is 2.12. The van der Waals surface area contributed by atoms with E-state index in [1.807, 2.05) is 0 Å². The molecule has 0 aliphatic heterocycles. The number of rotatable bonds is 4. The molecule has 1 heterocycles. The Morgan fingerprint density at radius 1 is 1.30 bits per heavy atom. The zero-order chi connectivity index (χ0) is 14.5. The van der Waals surface area contributed by atoms with Gasteiger partial charge in [-0.1, -0.05) is 12.1 Å². The van der Waals surface area contributed by atoms with E-state index in [4.69, 9.17) is 5.11 Å². The number of amides is 1. The number of benzene rings is 1. The number of carbonyl (C=O) groups excluding carboxylic acids is 1. The summed E-state index contributed by atoms with van der Waals surface area (Å²) in [5.41, 5.74) is 0.792. The second-order valence-corrected chi connectivity index (χ2v) is 4.76. The van der Waals surface area contributed by atoms with Gasteiger partial charge < -0.3 is 10.4 Å². The fourth-order valence-electron chi connectivity index (χ4n) is 1.53. The van der Waals surface area contributed by atoms with Crippen molar-refractivity contribution in [3.05, 3.63) is 58.0 Å². The Bertz CT molecular complexity index is 679. The second-order valence-electron chi connectivity index (χ2n) is 3.85. The third kappa shape index (κ3) is 3.52. The molecule has 0 radical (unpaired) electrons. The summed E-state index contributed by atoms with van der Waals surface area (Å²) in [4.78, 5) is 22.6. The lowest BCUT2D eigenvalue weighted by atomic mass is 10.2. The number of halogens is 1. The van der Waals surface area contributed by atoms with Crippen LogP contribution in [0.1, 0.15) is 15.2 Å². The summed E-state index contributed by atoms with van der Waals surface area (Å²) in [6.45, 7) is 0. The quantitative estimate of drug-likeness (QED) is 0.850. The van der Waals surface area contributed by atoms with Crippen LogP contribution in [0.3, 0.4) is 0 Å². The lowest BCUT2D eigenvalue weighted by Crippen LogP contribution is -2.09. The van der Waals surface area contributed by atoms with E-state index >= 15 is 0 Å². The highest BCUT2D eigenvalue weighted by atomic mass is 32.1. The number of carboxylic acids is 1. The number of nitrogens with one attached hydrogen (secondary N) is 1. The van der Waals surface area contributed by atoms with E-state index in [2.05, 4.69) is 5.32 Å². The van der Waals surface area contributed by atoms with E-state index in [1.54, 1.807) is 11.4 Å². The van der Waals surface area contributed by atoms with Crippen LogP contribution in [-0.2, 0) is 4.79 Å². The number of carbonyl (C=O) groups is 2. The Kier molecular flexibility index (Phi) is 4.27. The van der Waals surface area contributed by atoms with Crippen LogP contribution in [0.4, 0.5) is 10.1 Å².